The average Bonchev–Trinajstić information content (AvgIpc) is 2.54. The van der Waals surface area contributed by atoms with Crippen LogP contribution in [0.15, 0.2) is 48.5 Å². The van der Waals surface area contributed by atoms with E-state index in [0.29, 0.717) is 24.3 Å². The summed E-state index contributed by atoms with van der Waals surface area (Å²) in [5.41, 5.74) is 2.67. The van der Waals surface area contributed by atoms with Gasteiger partial charge in [0.05, 0.1) is 6.10 Å². The lowest BCUT2D eigenvalue weighted by molar-refractivity contribution is 0.0941. The van der Waals surface area contributed by atoms with Crippen LogP contribution in [0.5, 0.6) is 5.75 Å². The number of hydrogen-bond donors (Lipinski definition) is 2. The molecule has 0 aliphatic carbocycles. The summed E-state index contributed by atoms with van der Waals surface area (Å²) in [6.45, 7) is 0.839. The highest BCUT2D eigenvalue weighted by Gasteiger charge is 2.20. The minimum Gasteiger partial charge on any atom is -0.491 e. The molecule has 1 atom stereocenters. The Morgan fingerprint density at radius 3 is 2.77 bits per heavy atom. The van der Waals surface area contributed by atoms with Gasteiger partial charge in [-0.2, -0.15) is 0 Å². The third-order valence-electron chi connectivity index (χ3n) is 3.78. The first-order valence-electron chi connectivity index (χ1n) is 7.49. The summed E-state index contributed by atoms with van der Waals surface area (Å²) in [5, 5.41) is 12.9. The van der Waals surface area contributed by atoms with Crippen LogP contribution in [-0.2, 0) is 12.8 Å². The second-order valence-corrected chi connectivity index (χ2v) is 5.44. The van der Waals surface area contributed by atoms with Crippen LogP contribution in [0.1, 0.15) is 21.5 Å². The van der Waals surface area contributed by atoms with Crippen LogP contribution < -0.4 is 10.1 Å². The fourth-order valence-electron chi connectivity index (χ4n) is 2.70. The lowest BCUT2D eigenvalue weighted by Crippen LogP contribution is -2.32. The molecule has 1 heterocycles. The summed E-state index contributed by atoms with van der Waals surface area (Å²) in [5.74, 6) is 0.635. The molecule has 114 valence electrons. The third kappa shape index (κ3) is 3.28. The predicted octanol–water partition coefficient (Wildman–Crippen LogP) is 1.95. The van der Waals surface area contributed by atoms with Crippen LogP contribution in [0, 0.1) is 0 Å². The summed E-state index contributed by atoms with van der Waals surface area (Å²) >= 11 is 0. The summed E-state index contributed by atoms with van der Waals surface area (Å²) in [6.07, 6.45) is 0.734. The molecule has 0 radical (unpaired) electrons. The quantitative estimate of drug-likeness (QED) is 0.887. The van der Waals surface area contributed by atoms with Crippen LogP contribution in [0.25, 0.3) is 0 Å². The van der Waals surface area contributed by atoms with Crippen molar-refractivity contribution in [1.82, 2.24) is 5.32 Å². The molecule has 0 aromatic heterocycles. The maximum absolute atomic E-state index is 11.8. The molecule has 22 heavy (non-hydrogen) atoms. The Kier molecular flexibility index (Phi) is 4.39. The lowest BCUT2D eigenvalue weighted by Gasteiger charge is -2.20. The zero-order valence-corrected chi connectivity index (χ0v) is 12.3. The molecule has 4 heteroatoms. The minimum atomic E-state index is -0.573. The van der Waals surface area contributed by atoms with E-state index in [2.05, 4.69) is 5.32 Å². The van der Waals surface area contributed by atoms with Gasteiger partial charge < -0.3 is 15.2 Å². The third-order valence-corrected chi connectivity index (χ3v) is 3.78. The molecule has 0 fully saturated rings. The van der Waals surface area contributed by atoms with Gasteiger partial charge in [0.25, 0.3) is 5.91 Å². The van der Waals surface area contributed by atoms with Crippen molar-refractivity contribution in [3.05, 3.63) is 65.2 Å². The van der Waals surface area contributed by atoms with E-state index in [4.69, 9.17) is 4.74 Å². The highest BCUT2D eigenvalue weighted by atomic mass is 16.5. The fourth-order valence-corrected chi connectivity index (χ4v) is 2.70. The van der Waals surface area contributed by atoms with Crippen molar-refractivity contribution in [2.24, 2.45) is 0 Å². The van der Waals surface area contributed by atoms with Gasteiger partial charge in [-0.1, -0.05) is 36.4 Å². The molecule has 2 aromatic carbocycles. The Bertz CT molecular complexity index is 655. The molecule has 1 aliphatic rings. The molecule has 2 aromatic rings. The molecule has 1 amide bonds. The van der Waals surface area contributed by atoms with Crippen LogP contribution in [0.3, 0.4) is 0 Å². The zero-order valence-electron chi connectivity index (χ0n) is 12.3. The number of fused-ring (bicyclic) bond motifs is 1. The van der Waals surface area contributed by atoms with Gasteiger partial charge in [-0.15, -0.1) is 0 Å². The van der Waals surface area contributed by atoms with Gasteiger partial charge in [0.15, 0.2) is 0 Å². The number of amides is 1. The number of hydrogen-bond acceptors (Lipinski definition) is 3. The Labute approximate surface area is 129 Å². The first-order chi connectivity index (χ1) is 10.7. The van der Waals surface area contributed by atoms with E-state index in [1.807, 2.05) is 42.5 Å². The number of carbonyl (C=O) groups is 1. The van der Waals surface area contributed by atoms with E-state index in [-0.39, 0.29) is 12.5 Å². The number of aliphatic hydroxyl groups excluding tert-OH is 1. The van der Waals surface area contributed by atoms with Gasteiger partial charge in [0.2, 0.25) is 0 Å². The smallest absolute Gasteiger partial charge is 0.251 e. The highest BCUT2D eigenvalue weighted by molar-refractivity contribution is 5.97. The maximum atomic E-state index is 11.8. The predicted molar refractivity (Wildman–Crippen MR) is 84.1 cm³/mol. The lowest BCUT2D eigenvalue weighted by atomic mass is 9.99. The summed E-state index contributed by atoms with van der Waals surface area (Å²) in [7, 11) is 0. The van der Waals surface area contributed by atoms with Crippen LogP contribution in [-0.4, -0.2) is 30.3 Å². The van der Waals surface area contributed by atoms with Crippen molar-refractivity contribution in [1.29, 1.82) is 0 Å². The average molecular weight is 297 g/mol. The monoisotopic (exact) mass is 297 g/mol. The SMILES string of the molecule is O=C1NCCc2c(OCC(O)Cc3ccccc3)cccc21. The molecule has 1 unspecified atom stereocenters. The number of aliphatic hydroxyl groups is 1. The highest BCUT2D eigenvalue weighted by Crippen LogP contribution is 2.25. The standard InChI is InChI=1S/C18H19NO3/c20-14(11-13-5-2-1-3-6-13)12-22-17-8-4-7-16-15(17)9-10-19-18(16)21/h1-8,14,20H,9-12H2,(H,19,21). The second-order valence-electron chi connectivity index (χ2n) is 5.44. The van der Waals surface area contributed by atoms with Crippen molar-refractivity contribution in [2.75, 3.05) is 13.2 Å². The molecule has 0 saturated carbocycles. The molecule has 0 bridgehead atoms. The Morgan fingerprint density at radius 1 is 1.14 bits per heavy atom. The van der Waals surface area contributed by atoms with Crippen molar-refractivity contribution >= 4 is 5.91 Å². The molecule has 3 rings (SSSR count). The van der Waals surface area contributed by atoms with Gasteiger partial charge in [0.1, 0.15) is 12.4 Å². The Hall–Kier alpha value is -2.33. The van der Waals surface area contributed by atoms with E-state index in [1.54, 1.807) is 6.07 Å². The largest absolute Gasteiger partial charge is 0.491 e. The van der Waals surface area contributed by atoms with E-state index < -0.39 is 6.10 Å². The molecular formula is C18H19NO3. The normalized spacial score (nSPS) is 14.9. The summed E-state index contributed by atoms with van der Waals surface area (Å²) in [6, 6.07) is 15.3. The molecule has 4 nitrogen and oxygen atoms in total. The minimum absolute atomic E-state index is 0.0588. The molecule has 0 saturated heterocycles. The van der Waals surface area contributed by atoms with Gasteiger partial charge in [-0.25, -0.2) is 0 Å². The fraction of sp³-hybridized carbons (Fsp3) is 0.278. The number of benzene rings is 2. The van der Waals surface area contributed by atoms with E-state index in [1.165, 1.54) is 0 Å². The number of rotatable bonds is 5. The molecular weight excluding hydrogens is 278 g/mol. The topological polar surface area (TPSA) is 58.6 Å². The molecule has 0 spiro atoms. The van der Waals surface area contributed by atoms with E-state index in [9.17, 15) is 9.90 Å². The number of carbonyl (C=O) groups excluding carboxylic acids is 1. The Morgan fingerprint density at radius 2 is 1.95 bits per heavy atom. The van der Waals surface area contributed by atoms with Crippen LogP contribution in [0.2, 0.25) is 0 Å². The van der Waals surface area contributed by atoms with E-state index in [0.717, 1.165) is 17.5 Å². The van der Waals surface area contributed by atoms with Crippen molar-refractivity contribution in [3.8, 4) is 5.75 Å². The number of nitrogens with one attached hydrogen (secondary N) is 1. The molecule has 2 N–H and O–H groups in total. The van der Waals surface area contributed by atoms with Gasteiger partial charge in [-0.05, 0) is 24.1 Å². The van der Waals surface area contributed by atoms with Crippen molar-refractivity contribution < 1.29 is 14.6 Å². The Balaban J connectivity index is 1.64. The zero-order chi connectivity index (χ0) is 15.4. The van der Waals surface area contributed by atoms with Crippen LogP contribution >= 0.6 is 0 Å². The van der Waals surface area contributed by atoms with Crippen LogP contribution in [0.4, 0.5) is 0 Å². The summed E-state index contributed by atoms with van der Waals surface area (Å²) < 4.78 is 5.76. The van der Waals surface area contributed by atoms with Gasteiger partial charge in [0, 0.05) is 24.1 Å². The number of ether oxygens (including phenoxy) is 1. The van der Waals surface area contributed by atoms with Gasteiger partial charge >= 0.3 is 0 Å². The van der Waals surface area contributed by atoms with Gasteiger partial charge in [-0.3, -0.25) is 4.79 Å². The first kappa shape index (κ1) is 14.6. The van der Waals surface area contributed by atoms with E-state index >= 15 is 0 Å². The maximum Gasteiger partial charge on any atom is 0.251 e. The molecule has 1 aliphatic heterocycles. The second kappa shape index (κ2) is 6.62. The first-order valence-corrected chi connectivity index (χ1v) is 7.49. The van der Waals surface area contributed by atoms with Crippen molar-refractivity contribution in [2.45, 2.75) is 18.9 Å². The van der Waals surface area contributed by atoms with Crippen molar-refractivity contribution in [3.63, 3.8) is 0 Å². The summed E-state index contributed by atoms with van der Waals surface area (Å²) in [4.78, 5) is 11.8.